The lowest BCUT2D eigenvalue weighted by molar-refractivity contribution is 0.0951. The fraction of sp³-hybridized carbons (Fsp3) is 0.0833. The molecule has 1 aromatic carbocycles. The van der Waals surface area contributed by atoms with Crippen LogP contribution in [0.3, 0.4) is 0 Å². The highest BCUT2D eigenvalue weighted by atomic mass is 79.9. The van der Waals surface area contributed by atoms with Crippen molar-refractivity contribution in [1.29, 1.82) is 0 Å². The Kier molecular flexibility index (Phi) is 4.85. The lowest BCUT2D eigenvalue weighted by Gasteiger charge is -2.02. The summed E-state index contributed by atoms with van der Waals surface area (Å²) in [5, 5.41) is 2.72. The molecular formula is C12H9BrClNO3S2. The standard InChI is InChI=1S/C12H9BrClNO3S2/c13-10-6-9(19-12(10)20(14,17)18)7-15-11(16)8-4-2-1-3-5-8/h1-6H,7H2,(H,15,16). The van der Waals surface area contributed by atoms with Gasteiger partial charge in [-0.3, -0.25) is 4.79 Å². The first-order valence-electron chi connectivity index (χ1n) is 5.44. The molecule has 0 atom stereocenters. The van der Waals surface area contributed by atoms with Crippen LogP contribution in [0, 0.1) is 0 Å². The lowest BCUT2D eigenvalue weighted by Crippen LogP contribution is -2.22. The number of benzene rings is 1. The van der Waals surface area contributed by atoms with E-state index < -0.39 is 9.05 Å². The Morgan fingerprint density at radius 2 is 1.95 bits per heavy atom. The van der Waals surface area contributed by atoms with Gasteiger partial charge in [0.05, 0.1) is 6.54 Å². The van der Waals surface area contributed by atoms with Crippen molar-refractivity contribution in [2.24, 2.45) is 0 Å². The van der Waals surface area contributed by atoms with Gasteiger partial charge in [0.25, 0.3) is 15.0 Å². The van der Waals surface area contributed by atoms with Crippen LogP contribution >= 0.6 is 37.9 Å². The van der Waals surface area contributed by atoms with Gasteiger partial charge in [0.1, 0.15) is 4.21 Å². The van der Waals surface area contributed by atoms with Gasteiger partial charge < -0.3 is 5.32 Å². The third kappa shape index (κ3) is 3.82. The van der Waals surface area contributed by atoms with Crippen LogP contribution in [0.15, 0.2) is 45.1 Å². The second-order valence-electron chi connectivity index (χ2n) is 3.83. The Morgan fingerprint density at radius 3 is 2.50 bits per heavy atom. The maximum absolute atomic E-state index is 11.8. The number of hydrogen-bond acceptors (Lipinski definition) is 4. The third-order valence-corrected chi connectivity index (χ3v) is 6.78. The fourth-order valence-electron chi connectivity index (χ4n) is 1.51. The molecule has 8 heteroatoms. The van der Waals surface area contributed by atoms with E-state index in [1.54, 1.807) is 30.3 Å². The second-order valence-corrected chi connectivity index (χ2v) is 8.59. The Balaban J connectivity index is 2.07. The smallest absolute Gasteiger partial charge is 0.271 e. The third-order valence-electron chi connectivity index (χ3n) is 2.39. The SMILES string of the molecule is O=C(NCc1cc(Br)c(S(=O)(=O)Cl)s1)c1ccccc1. The van der Waals surface area contributed by atoms with Crippen molar-refractivity contribution in [2.45, 2.75) is 10.8 Å². The van der Waals surface area contributed by atoms with E-state index in [2.05, 4.69) is 21.2 Å². The van der Waals surface area contributed by atoms with Crippen molar-refractivity contribution in [3.8, 4) is 0 Å². The average Bonchev–Trinajstić information content (AvgIpc) is 2.78. The number of hydrogen-bond donors (Lipinski definition) is 1. The number of halogens is 2. The molecule has 0 saturated heterocycles. The van der Waals surface area contributed by atoms with Gasteiger partial charge in [-0.05, 0) is 34.1 Å². The van der Waals surface area contributed by atoms with Crippen molar-refractivity contribution in [1.82, 2.24) is 5.32 Å². The zero-order valence-electron chi connectivity index (χ0n) is 9.97. The number of rotatable bonds is 4. The summed E-state index contributed by atoms with van der Waals surface area (Å²) >= 11 is 4.16. The summed E-state index contributed by atoms with van der Waals surface area (Å²) in [6.45, 7) is 0.239. The van der Waals surface area contributed by atoms with Crippen LogP contribution in [0.2, 0.25) is 0 Å². The maximum atomic E-state index is 11.8. The molecule has 0 saturated carbocycles. The summed E-state index contributed by atoms with van der Waals surface area (Å²) < 4.78 is 23.0. The van der Waals surface area contributed by atoms with Gasteiger partial charge in [-0.2, -0.15) is 0 Å². The van der Waals surface area contributed by atoms with Crippen molar-refractivity contribution >= 4 is 52.9 Å². The minimum atomic E-state index is -3.77. The molecule has 1 aromatic heterocycles. The predicted octanol–water partition coefficient (Wildman–Crippen LogP) is 3.37. The quantitative estimate of drug-likeness (QED) is 0.809. The molecule has 20 heavy (non-hydrogen) atoms. The van der Waals surface area contributed by atoms with Gasteiger partial charge in [0, 0.05) is 25.6 Å². The first-order valence-corrected chi connectivity index (χ1v) is 9.36. The fourth-order valence-corrected chi connectivity index (χ4v) is 5.36. The number of carbonyl (C=O) groups is 1. The van der Waals surface area contributed by atoms with E-state index in [4.69, 9.17) is 10.7 Å². The van der Waals surface area contributed by atoms with Crippen LogP contribution < -0.4 is 5.32 Å². The highest BCUT2D eigenvalue weighted by Crippen LogP contribution is 2.33. The summed E-state index contributed by atoms with van der Waals surface area (Å²) in [6.07, 6.45) is 0. The second kappa shape index (κ2) is 6.26. The van der Waals surface area contributed by atoms with Gasteiger partial charge in [-0.25, -0.2) is 8.42 Å². The normalized spacial score (nSPS) is 11.3. The van der Waals surface area contributed by atoms with Crippen LogP contribution in [0.25, 0.3) is 0 Å². The molecule has 1 amide bonds. The van der Waals surface area contributed by atoms with Crippen LogP contribution in [0.4, 0.5) is 0 Å². The Morgan fingerprint density at radius 1 is 1.30 bits per heavy atom. The van der Waals surface area contributed by atoms with E-state index in [0.717, 1.165) is 11.3 Å². The summed E-state index contributed by atoms with van der Waals surface area (Å²) in [4.78, 5) is 12.5. The van der Waals surface area contributed by atoms with Crippen molar-refractivity contribution in [3.63, 3.8) is 0 Å². The zero-order valence-corrected chi connectivity index (χ0v) is 13.9. The molecule has 0 unspecified atom stereocenters. The highest BCUT2D eigenvalue weighted by Gasteiger charge is 2.18. The molecule has 1 heterocycles. The molecule has 2 aromatic rings. The Bertz CT molecular complexity index is 728. The molecule has 0 aliphatic carbocycles. The summed E-state index contributed by atoms with van der Waals surface area (Å²) in [6, 6.07) is 10.4. The van der Waals surface area contributed by atoms with Crippen LogP contribution in [0.1, 0.15) is 15.2 Å². The number of nitrogens with one attached hydrogen (secondary N) is 1. The van der Waals surface area contributed by atoms with Gasteiger partial charge in [0.15, 0.2) is 0 Å². The summed E-state index contributed by atoms with van der Waals surface area (Å²) in [5.41, 5.74) is 0.549. The van der Waals surface area contributed by atoms with E-state index in [1.807, 2.05) is 6.07 Å². The predicted molar refractivity (Wildman–Crippen MR) is 82.7 cm³/mol. The summed E-state index contributed by atoms with van der Waals surface area (Å²) in [7, 11) is 1.53. The lowest BCUT2D eigenvalue weighted by atomic mass is 10.2. The first kappa shape index (κ1) is 15.5. The zero-order chi connectivity index (χ0) is 14.8. The molecule has 0 aliphatic rings. The van der Waals surface area contributed by atoms with Gasteiger partial charge in [-0.15, -0.1) is 11.3 Å². The first-order chi connectivity index (χ1) is 9.38. The summed E-state index contributed by atoms with van der Waals surface area (Å²) in [5.74, 6) is -0.217. The molecule has 0 spiro atoms. The average molecular weight is 395 g/mol. The van der Waals surface area contributed by atoms with Gasteiger partial charge in [-0.1, -0.05) is 18.2 Å². The molecule has 2 rings (SSSR count). The monoisotopic (exact) mass is 393 g/mol. The number of thiophene rings is 1. The largest absolute Gasteiger partial charge is 0.347 e. The van der Waals surface area contributed by atoms with Crippen molar-refractivity contribution in [2.75, 3.05) is 0 Å². The minimum Gasteiger partial charge on any atom is -0.347 e. The van der Waals surface area contributed by atoms with E-state index in [0.29, 0.717) is 14.9 Å². The maximum Gasteiger partial charge on any atom is 0.271 e. The number of carbonyl (C=O) groups excluding carboxylic acids is 1. The van der Waals surface area contributed by atoms with Crippen molar-refractivity contribution in [3.05, 3.63) is 51.3 Å². The van der Waals surface area contributed by atoms with Gasteiger partial charge in [0.2, 0.25) is 0 Å². The highest BCUT2D eigenvalue weighted by molar-refractivity contribution is 9.10. The molecule has 0 aliphatic heterocycles. The van der Waals surface area contributed by atoms with E-state index in [9.17, 15) is 13.2 Å². The molecule has 0 radical (unpaired) electrons. The molecule has 0 bridgehead atoms. The Hall–Kier alpha value is -0.890. The molecule has 0 fully saturated rings. The number of amides is 1. The molecule has 1 N–H and O–H groups in total. The Labute approximate surface area is 133 Å². The minimum absolute atomic E-state index is 0.0446. The molecular weight excluding hydrogens is 386 g/mol. The van der Waals surface area contributed by atoms with Crippen LogP contribution in [0.5, 0.6) is 0 Å². The van der Waals surface area contributed by atoms with Crippen molar-refractivity contribution < 1.29 is 13.2 Å². The topological polar surface area (TPSA) is 63.2 Å². The molecule has 106 valence electrons. The molecule has 4 nitrogen and oxygen atoms in total. The van der Waals surface area contributed by atoms with Crippen LogP contribution in [-0.2, 0) is 15.6 Å². The van der Waals surface area contributed by atoms with Gasteiger partial charge >= 0.3 is 0 Å². The van der Waals surface area contributed by atoms with Crippen LogP contribution in [-0.4, -0.2) is 14.3 Å². The van der Waals surface area contributed by atoms with E-state index in [-0.39, 0.29) is 16.7 Å². The van der Waals surface area contributed by atoms with E-state index >= 15 is 0 Å². The van der Waals surface area contributed by atoms with E-state index in [1.165, 1.54) is 0 Å².